The third kappa shape index (κ3) is 3.58. The molecule has 158 valence electrons. The largest absolute Gasteiger partial charge is 0.309 e. The number of aryl methyl sites for hydroxylation is 2. The molecule has 0 unspecified atom stereocenters. The Morgan fingerprint density at radius 3 is 2.62 bits per heavy atom. The Labute approximate surface area is 187 Å². The molecule has 3 aromatic heterocycles. The van der Waals surface area contributed by atoms with Crippen molar-refractivity contribution in [3.8, 4) is 5.82 Å². The lowest BCUT2D eigenvalue weighted by molar-refractivity contribution is 0.793. The molecule has 1 N–H and O–H groups in total. The summed E-state index contributed by atoms with van der Waals surface area (Å²) < 4.78 is 1.52. The lowest BCUT2D eigenvalue weighted by Crippen LogP contribution is -2.23. The lowest BCUT2D eigenvalue weighted by Gasteiger charge is -2.13. The van der Waals surface area contributed by atoms with Gasteiger partial charge in [0.15, 0.2) is 5.16 Å². The van der Waals surface area contributed by atoms with Crippen molar-refractivity contribution in [1.82, 2.24) is 24.5 Å². The molecule has 32 heavy (non-hydrogen) atoms. The van der Waals surface area contributed by atoms with Gasteiger partial charge in [0.1, 0.15) is 11.6 Å². The molecule has 5 rings (SSSR count). The fraction of sp³-hybridized carbons (Fsp3) is 0.125. The number of rotatable bonds is 4. The lowest BCUT2D eigenvalue weighted by atomic mass is 10.1. The van der Waals surface area contributed by atoms with E-state index < -0.39 is 0 Å². The molecule has 5 aromatic rings. The van der Waals surface area contributed by atoms with E-state index in [0.717, 1.165) is 11.1 Å². The van der Waals surface area contributed by atoms with Crippen LogP contribution in [0.3, 0.4) is 0 Å². The highest BCUT2D eigenvalue weighted by molar-refractivity contribution is 7.98. The molecule has 0 saturated carbocycles. The maximum atomic E-state index is 13.3. The molecule has 2 aromatic carbocycles. The van der Waals surface area contributed by atoms with E-state index in [1.165, 1.54) is 16.3 Å². The minimum Gasteiger partial charge on any atom is -0.309 e. The second-order valence-electron chi connectivity index (χ2n) is 7.52. The molecule has 0 amide bonds. The maximum absolute atomic E-state index is 13.3. The van der Waals surface area contributed by atoms with Crippen LogP contribution < -0.4 is 11.1 Å². The molecule has 0 atom stereocenters. The second kappa shape index (κ2) is 8.05. The van der Waals surface area contributed by atoms with Gasteiger partial charge in [-0.15, -0.1) is 0 Å². The molecule has 0 bridgehead atoms. The van der Waals surface area contributed by atoms with Gasteiger partial charge in [-0.1, -0.05) is 36.0 Å². The van der Waals surface area contributed by atoms with Crippen molar-refractivity contribution >= 4 is 33.6 Å². The standard InChI is InChI=1S/C24H19N5O2S/c1-14-10-11-25-20(12-14)29-23(31)16-7-3-4-9-18(16)26-24(29)32-13-19-27-21-15(2)6-5-8-17(21)22(30)28-19/h3-12H,13H2,1-2H3,(H,27,28,30). The summed E-state index contributed by atoms with van der Waals surface area (Å²) in [7, 11) is 0. The zero-order chi connectivity index (χ0) is 22.2. The number of para-hydroxylation sites is 2. The molecule has 0 spiro atoms. The smallest absolute Gasteiger partial charge is 0.267 e. The van der Waals surface area contributed by atoms with Gasteiger partial charge in [0.05, 0.1) is 27.6 Å². The third-order valence-corrected chi connectivity index (χ3v) is 6.15. The van der Waals surface area contributed by atoms with Gasteiger partial charge in [-0.2, -0.15) is 0 Å². The molecular weight excluding hydrogens is 422 g/mol. The first kappa shape index (κ1) is 20.1. The zero-order valence-electron chi connectivity index (χ0n) is 17.5. The number of hydrogen-bond donors (Lipinski definition) is 1. The topological polar surface area (TPSA) is 93.5 Å². The molecule has 0 fully saturated rings. The first-order valence-electron chi connectivity index (χ1n) is 10.1. The van der Waals surface area contributed by atoms with Gasteiger partial charge in [-0.3, -0.25) is 9.59 Å². The number of fused-ring (bicyclic) bond motifs is 2. The van der Waals surface area contributed by atoms with Crippen molar-refractivity contribution < 1.29 is 0 Å². The first-order valence-corrected chi connectivity index (χ1v) is 11.1. The van der Waals surface area contributed by atoms with E-state index in [9.17, 15) is 9.59 Å². The zero-order valence-corrected chi connectivity index (χ0v) is 18.3. The predicted molar refractivity (Wildman–Crippen MR) is 127 cm³/mol. The third-order valence-electron chi connectivity index (χ3n) is 5.20. The number of hydrogen-bond acceptors (Lipinski definition) is 6. The Morgan fingerprint density at radius 2 is 1.78 bits per heavy atom. The Bertz CT molecular complexity index is 1610. The summed E-state index contributed by atoms with van der Waals surface area (Å²) in [6.07, 6.45) is 1.67. The van der Waals surface area contributed by atoms with Crippen molar-refractivity contribution in [3.63, 3.8) is 0 Å². The van der Waals surface area contributed by atoms with Crippen LogP contribution in [0, 0.1) is 13.8 Å². The molecule has 8 heteroatoms. The average molecular weight is 442 g/mol. The minimum absolute atomic E-state index is 0.182. The van der Waals surface area contributed by atoms with Crippen molar-refractivity contribution in [2.45, 2.75) is 24.8 Å². The van der Waals surface area contributed by atoms with E-state index >= 15 is 0 Å². The van der Waals surface area contributed by atoms with Crippen molar-refractivity contribution in [2.24, 2.45) is 0 Å². The summed E-state index contributed by atoms with van der Waals surface area (Å²) in [5.41, 5.74) is 2.84. The minimum atomic E-state index is -0.188. The van der Waals surface area contributed by atoms with Crippen molar-refractivity contribution in [1.29, 1.82) is 0 Å². The number of aromatic amines is 1. The highest BCUT2D eigenvalue weighted by atomic mass is 32.2. The van der Waals surface area contributed by atoms with E-state index in [0.29, 0.717) is 44.4 Å². The molecule has 0 aliphatic carbocycles. The number of nitrogens with one attached hydrogen (secondary N) is 1. The fourth-order valence-corrected chi connectivity index (χ4v) is 4.48. The van der Waals surface area contributed by atoms with E-state index in [-0.39, 0.29) is 11.1 Å². The first-order chi connectivity index (χ1) is 15.5. The Balaban J connectivity index is 1.62. The highest BCUT2D eigenvalue weighted by Crippen LogP contribution is 2.24. The fourth-order valence-electron chi connectivity index (χ4n) is 3.61. The molecule has 3 heterocycles. The summed E-state index contributed by atoms with van der Waals surface area (Å²) >= 11 is 1.33. The number of nitrogens with zero attached hydrogens (tertiary/aromatic N) is 4. The van der Waals surface area contributed by atoms with Crippen LogP contribution in [0.1, 0.15) is 17.0 Å². The van der Waals surface area contributed by atoms with Crippen LogP contribution in [0.25, 0.3) is 27.6 Å². The van der Waals surface area contributed by atoms with Crippen LogP contribution in [-0.4, -0.2) is 24.5 Å². The van der Waals surface area contributed by atoms with Gasteiger partial charge in [0.2, 0.25) is 0 Å². The van der Waals surface area contributed by atoms with Gasteiger partial charge in [0.25, 0.3) is 11.1 Å². The normalized spacial score (nSPS) is 11.3. The van der Waals surface area contributed by atoms with E-state index in [1.54, 1.807) is 18.3 Å². The number of thioether (sulfide) groups is 1. The van der Waals surface area contributed by atoms with Crippen molar-refractivity contribution in [3.05, 3.63) is 98.5 Å². The number of benzene rings is 2. The van der Waals surface area contributed by atoms with Gasteiger partial charge in [-0.25, -0.2) is 19.5 Å². The molecule has 0 aliphatic heterocycles. The van der Waals surface area contributed by atoms with E-state index in [4.69, 9.17) is 4.98 Å². The Hall–Kier alpha value is -3.78. The van der Waals surface area contributed by atoms with Crippen LogP contribution in [0.2, 0.25) is 0 Å². The van der Waals surface area contributed by atoms with E-state index in [2.05, 4.69) is 15.0 Å². The second-order valence-corrected chi connectivity index (χ2v) is 8.46. The van der Waals surface area contributed by atoms with Gasteiger partial charge in [0, 0.05) is 6.20 Å². The Morgan fingerprint density at radius 1 is 0.969 bits per heavy atom. The van der Waals surface area contributed by atoms with Crippen LogP contribution in [0.15, 0.2) is 75.5 Å². The molecular formula is C24H19N5O2S. The van der Waals surface area contributed by atoms with Crippen LogP contribution in [-0.2, 0) is 5.75 Å². The monoisotopic (exact) mass is 441 g/mol. The molecule has 7 nitrogen and oxygen atoms in total. The molecule has 0 radical (unpaired) electrons. The summed E-state index contributed by atoms with van der Waals surface area (Å²) in [4.78, 5) is 42.5. The van der Waals surface area contributed by atoms with Crippen LogP contribution >= 0.6 is 11.8 Å². The van der Waals surface area contributed by atoms with Crippen LogP contribution in [0.5, 0.6) is 0 Å². The number of aromatic nitrogens is 5. The summed E-state index contributed by atoms with van der Waals surface area (Å²) in [5, 5.41) is 1.57. The molecule has 0 saturated heterocycles. The van der Waals surface area contributed by atoms with Crippen LogP contribution in [0.4, 0.5) is 0 Å². The predicted octanol–water partition coefficient (Wildman–Crippen LogP) is 3.93. The van der Waals surface area contributed by atoms with Gasteiger partial charge < -0.3 is 4.98 Å². The average Bonchev–Trinajstić information content (AvgIpc) is 2.78. The molecule has 0 aliphatic rings. The maximum Gasteiger partial charge on any atom is 0.267 e. The van der Waals surface area contributed by atoms with Gasteiger partial charge >= 0.3 is 0 Å². The highest BCUT2D eigenvalue weighted by Gasteiger charge is 2.15. The summed E-state index contributed by atoms with van der Waals surface area (Å²) in [6, 6.07) is 16.5. The quantitative estimate of drug-likeness (QED) is 0.336. The number of H-pyrrole nitrogens is 1. The number of pyridine rings is 1. The summed E-state index contributed by atoms with van der Waals surface area (Å²) in [5.74, 6) is 1.37. The van der Waals surface area contributed by atoms with Crippen molar-refractivity contribution in [2.75, 3.05) is 0 Å². The summed E-state index contributed by atoms with van der Waals surface area (Å²) in [6.45, 7) is 3.88. The van der Waals surface area contributed by atoms with E-state index in [1.807, 2.05) is 56.3 Å². The Kier molecular flexibility index (Phi) is 5.07. The van der Waals surface area contributed by atoms with Gasteiger partial charge in [-0.05, 0) is 55.3 Å². The SMILES string of the molecule is Cc1ccnc(-n2c(SCc3nc4c(C)cccc4c(=O)[nH]3)nc3ccccc3c2=O)c1.